The van der Waals surface area contributed by atoms with Crippen molar-refractivity contribution in [3.8, 4) is 0 Å². The van der Waals surface area contributed by atoms with E-state index in [1.165, 1.54) is 5.56 Å². The first-order valence-corrected chi connectivity index (χ1v) is 5.76. The molecule has 90 valence electrons. The summed E-state index contributed by atoms with van der Waals surface area (Å²) in [6.07, 6.45) is 4.62. The van der Waals surface area contributed by atoms with Gasteiger partial charge in [0.25, 0.3) is 0 Å². The van der Waals surface area contributed by atoms with Crippen molar-refractivity contribution >= 4 is 5.69 Å². The molecule has 1 aromatic carbocycles. The molecule has 0 fully saturated rings. The maximum atomic E-state index is 6.07. The highest BCUT2D eigenvalue weighted by Crippen LogP contribution is 2.05. The van der Waals surface area contributed by atoms with Crippen molar-refractivity contribution in [1.29, 1.82) is 0 Å². The predicted octanol–water partition coefficient (Wildman–Crippen LogP) is 1.40. The molecule has 2 rings (SSSR count). The summed E-state index contributed by atoms with van der Waals surface area (Å²) in [5.41, 5.74) is 8.35. The van der Waals surface area contributed by atoms with Crippen LogP contribution in [0.3, 0.4) is 0 Å². The fourth-order valence-corrected chi connectivity index (χ4v) is 1.75. The van der Waals surface area contributed by atoms with Crippen LogP contribution in [0.1, 0.15) is 5.56 Å². The molecule has 0 amide bonds. The van der Waals surface area contributed by atoms with Gasteiger partial charge >= 0.3 is 0 Å². The number of aromatic nitrogens is 2. The smallest absolute Gasteiger partial charge is 0.0726 e. The lowest BCUT2D eigenvalue weighted by atomic mass is 10.1. The van der Waals surface area contributed by atoms with Crippen LogP contribution in [-0.2, 0) is 13.5 Å². The van der Waals surface area contributed by atoms with Crippen LogP contribution in [0, 0.1) is 0 Å². The molecule has 0 spiro atoms. The number of aryl methyl sites for hydroxylation is 1. The molecule has 2 aromatic rings. The van der Waals surface area contributed by atoms with Gasteiger partial charge in [0.15, 0.2) is 0 Å². The SMILES string of the molecule is Cn1cc(NCC(N)Cc2ccccc2)cn1. The largest absolute Gasteiger partial charge is 0.381 e. The van der Waals surface area contributed by atoms with Crippen LogP contribution in [0.5, 0.6) is 0 Å². The molecular weight excluding hydrogens is 212 g/mol. The maximum Gasteiger partial charge on any atom is 0.0726 e. The fraction of sp³-hybridized carbons (Fsp3) is 0.308. The molecule has 0 saturated heterocycles. The number of nitrogens with zero attached hydrogens (tertiary/aromatic N) is 2. The lowest BCUT2D eigenvalue weighted by Gasteiger charge is -2.12. The van der Waals surface area contributed by atoms with Gasteiger partial charge in [0.2, 0.25) is 0 Å². The summed E-state index contributed by atoms with van der Waals surface area (Å²) in [4.78, 5) is 0. The third-order valence-electron chi connectivity index (χ3n) is 2.61. The second-order valence-electron chi connectivity index (χ2n) is 4.23. The van der Waals surface area contributed by atoms with Gasteiger partial charge in [-0.05, 0) is 12.0 Å². The highest BCUT2D eigenvalue weighted by atomic mass is 15.3. The normalized spacial score (nSPS) is 12.4. The van der Waals surface area contributed by atoms with Crippen LogP contribution >= 0.6 is 0 Å². The minimum absolute atomic E-state index is 0.109. The van der Waals surface area contributed by atoms with E-state index in [1.54, 1.807) is 10.9 Å². The lowest BCUT2D eigenvalue weighted by Crippen LogP contribution is -2.31. The second kappa shape index (κ2) is 5.50. The lowest BCUT2D eigenvalue weighted by molar-refractivity contribution is 0.699. The Morgan fingerprint density at radius 2 is 2.12 bits per heavy atom. The predicted molar refractivity (Wildman–Crippen MR) is 69.8 cm³/mol. The number of benzene rings is 1. The van der Waals surface area contributed by atoms with Gasteiger partial charge in [0, 0.05) is 25.8 Å². The Morgan fingerprint density at radius 1 is 1.35 bits per heavy atom. The van der Waals surface area contributed by atoms with Gasteiger partial charge in [-0.25, -0.2) is 0 Å². The molecule has 1 heterocycles. The summed E-state index contributed by atoms with van der Waals surface area (Å²) in [6, 6.07) is 10.4. The van der Waals surface area contributed by atoms with E-state index in [0.717, 1.165) is 18.7 Å². The number of hydrogen-bond acceptors (Lipinski definition) is 3. The van der Waals surface area contributed by atoms with Crippen LogP contribution in [0.2, 0.25) is 0 Å². The van der Waals surface area contributed by atoms with Crippen molar-refractivity contribution < 1.29 is 0 Å². The quantitative estimate of drug-likeness (QED) is 0.816. The third kappa shape index (κ3) is 3.60. The van der Waals surface area contributed by atoms with E-state index < -0.39 is 0 Å². The zero-order chi connectivity index (χ0) is 12.1. The molecule has 4 heteroatoms. The van der Waals surface area contributed by atoms with Crippen LogP contribution in [0.25, 0.3) is 0 Å². The first kappa shape index (κ1) is 11.7. The Morgan fingerprint density at radius 3 is 2.76 bits per heavy atom. The highest BCUT2D eigenvalue weighted by Gasteiger charge is 2.04. The Kier molecular flexibility index (Phi) is 3.77. The molecule has 0 aliphatic heterocycles. The fourth-order valence-electron chi connectivity index (χ4n) is 1.75. The van der Waals surface area contributed by atoms with Crippen LogP contribution in [0.4, 0.5) is 5.69 Å². The van der Waals surface area contributed by atoms with Gasteiger partial charge in [-0.2, -0.15) is 5.10 Å². The first-order valence-electron chi connectivity index (χ1n) is 5.76. The zero-order valence-electron chi connectivity index (χ0n) is 10.0. The van der Waals surface area contributed by atoms with Crippen LogP contribution < -0.4 is 11.1 Å². The van der Waals surface area contributed by atoms with Gasteiger partial charge in [0.05, 0.1) is 11.9 Å². The Bertz CT molecular complexity index is 449. The third-order valence-corrected chi connectivity index (χ3v) is 2.61. The van der Waals surface area contributed by atoms with Crippen molar-refractivity contribution in [1.82, 2.24) is 9.78 Å². The summed E-state index contributed by atoms with van der Waals surface area (Å²) in [6.45, 7) is 0.751. The van der Waals surface area contributed by atoms with Crippen molar-refractivity contribution in [2.24, 2.45) is 12.8 Å². The van der Waals surface area contributed by atoms with Crippen LogP contribution in [-0.4, -0.2) is 22.4 Å². The molecule has 0 saturated carbocycles. The molecule has 4 nitrogen and oxygen atoms in total. The molecule has 17 heavy (non-hydrogen) atoms. The van der Waals surface area contributed by atoms with E-state index in [4.69, 9.17) is 5.73 Å². The van der Waals surface area contributed by atoms with Gasteiger partial charge in [0.1, 0.15) is 0 Å². The minimum atomic E-state index is 0.109. The Balaban J connectivity index is 1.80. The van der Waals surface area contributed by atoms with Gasteiger partial charge in [-0.3, -0.25) is 4.68 Å². The number of hydrogen-bond donors (Lipinski definition) is 2. The average molecular weight is 230 g/mol. The average Bonchev–Trinajstić information content (AvgIpc) is 2.74. The van der Waals surface area contributed by atoms with E-state index in [0.29, 0.717) is 0 Å². The summed E-state index contributed by atoms with van der Waals surface area (Å²) in [5.74, 6) is 0. The summed E-state index contributed by atoms with van der Waals surface area (Å²) in [5, 5.41) is 7.37. The van der Waals surface area contributed by atoms with Crippen molar-refractivity contribution in [2.45, 2.75) is 12.5 Å². The molecule has 0 aliphatic rings. The van der Waals surface area contributed by atoms with Gasteiger partial charge in [-0.1, -0.05) is 30.3 Å². The monoisotopic (exact) mass is 230 g/mol. The minimum Gasteiger partial charge on any atom is -0.381 e. The maximum absolute atomic E-state index is 6.07. The van der Waals surface area contributed by atoms with E-state index in [2.05, 4.69) is 22.5 Å². The highest BCUT2D eigenvalue weighted by molar-refractivity contribution is 5.38. The zero-order valence-corrected chi connectivity index (χ0v) is 10.0. The van der Waals surface area contributed by atoms with Crippen LogP contribution in [0.15, 0.2) is 42.7 Å². The van der Waals surface area contributed by atoms with E-state index in [-0.39, 0.29) is 6.04 Å². The standard InChI is InChI=1S/C13H18N4/c1-17-10-13(9-16-17)15-8-12(14)7-11-5-3-2-4-6-11/h2-6,9-10,12,15H,7-8,14H2,1H3. The molecule has 1 unspecified atom stereocenters. The van der Waals surface area contributed by atoms with E-state index in [9.17, 15) is 0 Å². The number of nitrogens with one attached hydrogen (secondary N) is 1. The molecular formula is C13H18N4. The summed E-state index contributed by atoms with van der Waals surface area (Å²) >= 11 is 0. The Hall–Kier alpha value is -1.81. The first-order chi connectivity index (χ1) is 8.24. The van der Waals surface area contributed by atoms with Gasteiger partial charge < -0.3 is 11.1 Å². The van der Waals surface area contributed by atoms with Gasteiger partial charge in [-0.15, -0.1) is 0 Å². The van der Waals surface area contributed by atoms with E-state index >= 15 is 0 Å². The topological polar surface area (TPSA) is 55.9 Å². The second-order valence-corrected chi connectivity index (χ2v) is 4.23. The summed E-state index contributed by atoms with van der Waals surface area (Å²) < 4.78 is 1.77. The molecule has 1 aromatic heterocycles. The number of anilines is 1. The van der Waals surface area contributed by atoms with E-state index in [1.807, 2.05) is 31.4 Å². The molecule has 1 atom stereocenters. The molecule has 3 N–H and O–H groups in total. The summed E-state index contributed by atoms with van der Waals surface area (Å²) in [7, 11) is 1.90. The number of nitrogens with two attached hydrogens (primary N) is 1. The molecule has 0 bridgehead atoms. The number of rotatable bonds is 5. The molecule has 0 radical (unpaired) electrons. The van der Waals surface area contributed by atoms with Crippen molar-refractivity contribution in [3.05, 3.63) is 48.3 Å². The Labute approximate surface area is 101 Å². The molecule has 0 aliphatic carbocycles. The van der Waals surface area contributed by atoms with Crippen molar-refractivity contribution in [3.63, 3.8) is 0 Å². The van der Waals surface area contributed by atoms with Crippen molar-refractivity contribution in [2.75, 3.05) is 11.9 Å².